The molecule has 0 aliphatic carbocycles. The fraction of sp³-hybridized carbons (Fsp3) is 0.910. The molecule has 0 aliphatic heterocycles. The van der Waals surface area contributed by atoms with Crippen LogP contribution in [-0.4, -0.2) is 47.4 Å². The lowest BCUT2D eigenvalue weighted by molar-refractivity contribution is -0.143. The summed E-state index contributed by atoms with van der Waals surface area (Å²) in [7, 11) is 0. The summed E-state index contributed by atoms with van der Waals surface area (Å²) in [5.41, 5.74) is 0. The highest BCUT2D eigenvalue weighted by Crippen LogP contribution is 2.18. The molecule has 6 heteroatoms. The molecule has 0 rings (SSSR count). The number of allylic oxidation sites excluding steroid dienone is 3. The molecule has 0 aromatic rings. The molecule has 0 saturated carbocycles. The van der Waals surface area contributed by atoms with Crippen LogP contribution in [0.5, 0.6) is 0 Å². The van der Waals surface area contributed by atoms with Crippen LogP contribution < -0.4 is 5.32 Å². The second-order valence-corrected chi connectivity index (χ2v) is 22.8. The van der Waals surface area contributed by atoms with Crippen molar-refractivity contribution in [3.05, 3.63) is 24.3 Å². The first kappa shape index (κ1) is 71.3. The molecule has 2 atom stereocenters. The second kappa shape index (κ2) is 62.9. The van der Waals surface area contributed by atoms with Crippen LogP contribution in [0.4, 0.5) is 0 Å². The summed E-state index contributed by atoms with van der Waals surface area (Å²) in [6.45, 7) is 4.89. The van der Waals surface area contributed by atoms with Crippen LogP contribution >= 0.6 is 0 Å². The van der Waals surface area contributed by atoms with Crippen LogP contribution in [0.15, 0.2) is 24.3 Å². The van der Waals surface area contributed by atoms with Crippen molar-refractivity contribution in [1.29, 1.82) is 0 Å². The summed E-state index contributed by atoms with van der Waals surface area (Å²) < 4.78 is 5.46. The quantitative estimate of drug-likeness (QED) is 0.0320. The van der Waals surface area contributed by atoms with Crippen molar-refractivity contribution in [3.8, 4) is 0 Å². The Bertz CT molecular complexity index is 1140. The first-order valence-electron chi connectivity index (χ1n) is 33.1. The molecule has 2 unspecified atom stereocenters. The fourth-order valence-electron chi connectivity index (χ4n) is 10.4. The van der Waals surface area contributed by atoms with Gasteiger partial charge in [-0.3, -0.25) is 9.59 Å². The van der Waals surface area contributed by atoms with Gasteiger partial charge in [0.25, 0.3) is 0 Å². The number of unbranched alkanes of at least 4 members (excludes halogenated alkanes) is 49. The van der Waals surface area contributed by atoms with Gasteiger partial charge in [-0.1, -0.05) is 327 Å². The number of amides is 1. The molecule has 73 heavy (non-hydrogen) atoms. The van der Waals surface area contributed by atoms with Crippen molar-refractivity contribution >= 4 is 11.9 Å². The minimum absolute atomic E-state index is 0.00765. The van der Waals surface area contributed by atoms with E-state index in [1.54, 1.807) is 6.08 Å². The molecule has 0 spiro atoms. The maximum atomic E-state index is 12.5. The molecule has 0 fully saturated rings. The lowest BCUT2D eigenvalue weighted by Crippen LogP contribution is -2.45. The van der Waals surface area contributed by atoms with E-state index in [0.29, 0.717) is 19.4 Å². The Morgan fingerprint density at radius 3 is 1.01 bits per heavy atom. The molecule has 1 amide bonds. The van der Waals surface area contributed by atoms with Gasteiger partial charge in [-0.2, -0.15) is 0 Å². The first-order chi connectivity index (χ1) is 36.0. The van der Waals surface area contributed by atoms with E-state index in [9.17, 15) is 19.8 Å². The van der Waals surface area contributed by atoms with Crippen LogP contribution in [0, 0.1) is 0 Å². The molecule has 6 nitrogen and oxygen atoms in total. The molecule has 432 valence electrons. The van der Waals surface area contributed by atoms with Crippen molar-refractivity contribution < 1.29 is 24.5 Å². The molecule has 0 radical (unpaired) electrons. The third-order valence-corrected chi connectivity index (χ3v) is 15.5. The van der Waals surface area contributed by atoms with E-state index in [4.69, 9.17) is 4.74 Å². The van der Waals surface area contributed by atoms with E-state index < -0.39 is 12.1 Å². The van der Waals surface area contributed by atoms with Gasteiger partial charge in [0.15, 0.2) is 0 Å². The molecule has 0 saturated heterocycles. The fourth-order valence-corrected chi connectivity index (χ4v) is 10.4. The topological polar surface area (TPSA) is 95.9 Å². The summed E-state index contributed by atoms with van der Waals surface area (Å²) in [5, 5.41) is 23.2. The Morgan fingerprint density at radius 2 is 0.658 bits per heavy atom. The van der Waals surface area contributed by atoms with Crippen LogP contribution in [0.3, 0.4) is 0 Å². The summed E-state index contributed by atoms with van der Waals surface area (Å²) in [6.07, 6.45) is 78.1. The smallest absolute Gasteiger partial charge is 0.305 e. The minimum atomic E-state index is -0.842. The second-order valence-electron chi connectivity index (χ2n) is 22.8. The standard InChI is InChI=1S/C67H129NO5/c1-3-5-7-9-11-13-15-16-17-30-33-36-40-43-47-51-55-59-65(70)64(63-69)68-66(71)60-56-52-48-44-41-37-34-31-28-26-24-22-20-18-19-21-23-25-27-29-32-35-38-42-46-50-54-58-62-73-67(72)61-57-53-49-45-39-14-12-10-8-6-4-2/h10,12,55,59,64-65,69-70H,3-9,11,13-54,56-58,60-63H2,1-2H3,(H,68,71)/b12-10-,59-55+. The molecular weight excluding hydrogens is 899 g/mol. The Balaban J connectivity index is 3.37. The van der Waals surface area contributed by atoms with Crippen molar-refractivity contribution in [2.75, 3.05) is 13.2 Å². The third-order valence-electron chi connectivity index (χ3n) is 15.5. The predicted molar refractivity (Wildman–Crippen MR) is 320 cm³/mol. The summed E-state index contributed by atoms with van der Waals surface area (Å²) in [4.78, 5) is 24.5. The Morgan fingerprint density at radius 1 is 0.370 bits per heavy atom. The van der Waals surface area contributed by atoms with Gasteiger partial charge in [-0.05, 0) is 51.4 Å². The van der Waals surface area contributed by atoms with Gasteiger partial charge in [-0.15, -0.1) is 0 Å². The van der Waals surface area contributed by atoms with Crippen molar-refractivity contribution in [2.24, 2.45) is 0 Å². The zero-order valence-electron chi connectivity index (χ0n) is 49.4. The molecule has 3 N–H and O–H groups in total. The van der Waals surface area contributed by atoms with Gasteiger partial charge >= 0.3 is 5.97 Å². The highest BCUT2D eigenvalue weighted by atomic mass is 16.5. The van der Waals surface area contributed by atoms with Crippen molar-refractivity contribution in [1.82, 2.24) is 5.32 Å². The van der Waals surface area contributed by atoms with Crippen molar-refractivity contribution in [2.45, 2.75) is 379 Å². The highest BCUT2D eigenvalue weighted by Gasteiger charge is 2.18. The summed E-state index contributed by atoms with van der Waals surface area (Å²) in [6, 6.07) is -0.625. The minimum Gasteiger partial charge on any atom is -0.466 e. The monoisotopic (exact) mass is 1030 g/mol. The lowest BCUT2D eigenvalue weighted by Gasteiger charge is -2.20. The maximum absolute atomic E-state index is 12.5. The van der Waals surface area contributed by atoms with E-state index in [1.165, 1.54) is 295 Å². The van der Waals surface area contributed by atoms with Gasteiger partial charge in [-0.25, -0.2) is 0 Å². The highest BCUT2D eigenvalue weighted by molar-refractivity contribution is 5.76. The number of hydrogen-bond donors (Lipinski definition) is 3. The predicted octanol–water partition coefficient (Wildman–Crippen LogP) is 21.0. The van der Waals surface area contributed by atoms with Crippen molar-refractivity contribution in [3.63, 3.8) is 0 Å². The Kier molecular flexibility index (Phi) is 61.4. The number of rotatable bonds is 62. The van der Waals surface area contributed by atoms with E-state index in [1.807, 2.05) is 6.08 Å². The van der Waals surface area contributed by atoms with Crippen LogP contribution in [0.1, 0.15) is 367 Å². The van der Waals surface area contributed by atoms with Gasteiger partial charge in [0.1, 0.15) is 0 Å². The number of esters is 1. The van der Waals surface area contributed by atoms with Gasteiger partial charge < -0.3 is 20.3 Å². The first-order valence-corrected chi connectivity index (χ1v) is 33.1. The molecular formula is C67H129NO5. The summed E-state index contributed by atoms with van der Waals surface area (Å²) in [5.74, 6) is -0.0544. The lowest BCUT2D eigenvalue weighted by atomic mass is 10.0. The van der Waals surface area contributed by atoms with Crippen LogP contribution in [0.2, 0.25) is 0 Å². The molecule has 0 bridgehead atoms. The number of nitrogens with one attached hydrogen (secondary N) is 1. The number of aliphatic hydroxyl groups is 2. The van der Waals surface area contributed by atoms with Gasteiger partial charge in [0.05, 0.1) is 25.4 Å². The van der Waals surface area contributed by atoms with E-state index in [2.05, 4.69) is 31.3 Å². The van der Waals surface area contributed by atoms with E-state index >= 15 is 0 Å². The normalized spacial score (nSPS) is 12.7. The number of carbonyl (C=O) groups is 2. The SMILES string of the molecule is CCCC/C=C\CCCCCCCC(=O)OCCCCCCCCCCCCCCCCCCCCCCCCCCCCCCC(=O)NC(CO)C(O)/C=C/CCCCCCCCCCCCCCCCC. The van der Waals surface area contributed by atoms with Crippen LogP contribution in [0.25, 0.3) is 0 Å². The zero-order valence-corrected chi connectivity index (χ0v) is 49.4. The molecule has 0 aromatic carbocycles. The Hall–Kier alpha value is -1.66. The van der Waals surface area contributed by atoms with Gasteiger partial charge in [0.2, 0.25) is 5.91 Å². The number of carbonyl (C=O) groups excluding carboxylic acids is 2. The zero-order chi connectivity index (χ0) is 52.9. The average Bonchev–Trinajstić information content (AvgIpc) is 3.39. The maximum Gasteiger partial charge on any atom is 0.305 e. The Labute approximate surface area is 456 Å². The number of hydrogen-bond acceptors (Lipinski definition) is 5. The number of ether oxygens (including phenoxy) is 1. The number of aliphatic hydroxyl groups excluding tert-OH is 2. The molecule has 0 heterocycles. The average molecular weight is 1030 g/mol. The van der Waals surface area contributed by atoms with Gasteiger partial charge in [0, 0.05) is 12.8 Å². The van der Waals surface area contributed by atoms with E-state index in [0.717, 1.165) is 44.9 Å². The molecule has 0 aromatic heterocycles. The molecule has 0 aliphatic rings. The summed E-state index contributed by atoms with van der Waals surface area (Å²) >= 11 is 0. The van der Waals surface area contributed by atoms with Crippen LogP contribution in [-0.2, 0) is 14.3 Å². The largest absolute Gasteiger partial charge is 0.466 e. The van der Waals surface area contributed by atoms with E-state index in [-0.39, 0.29) is 18.5 Å². The third kappa shape index (κ3) is 59.4.